The fourth-order valence-corrected chi connectivity index (χ4v) is 14.7. The number of hydrogen-bond donors (Lipinski definition) is 3. The molecule has 0 amide bonds. The second-order valence-corrected chi connectivity index (χ2v) is 38.4. The van der Waals surface area contributed by atoms with Gasteiger partial charge in [-0.3, -0.25) is 0 Å². The lowest BCUT2D eigenvalue weighted by Crippen LogP contribution is -2.43. The number of phenolic OH excluding ortho intramolecular Hbond substituents is 3. The molecule has 8 aromatic rings. The van der Waals surface area contributed by atoms with Crippen LogP contribution in [0.25, 0.3) is 0 Å². The number of ether oxygens (including phenoxy) is 12. The summed E-state index contributed by atoms with van der Waals surface area (Å²) < 4.78 is 144. The monoisotopic (exact) mass is 1930 g/mol. The van der Waals surface area contributed by atoms with Gasteiger partial charge in [0.1, 0.15) is 46.0 Å². The summed E-state index contributed by atoms with van der Waals surface area (Å²) in [5.74, 6) is 6.15. The highest BCUT2D eigenvalue weighted by molar-refractivity contribution is 5.35. The van der Waals surface area contributed by atoms with Gasteiger partial charge in [-0.05, 0) is 306 Å². The van der Waals surface area contributed by atoms with E-state index in [1.807, 2.05) is 114 Å². The number of alkyl halides is 6. The van der Waals surface area contributed by atoms with Crippen LogP contribution in [0.2, 0.25) is 0 Å². The second-order valence-electron chi connectivity index (χ2n) is 38.4. The van der Waals surface area contributed by atoms with Crippen LogP contribution in [0.5, 0.6) is 46.0 Å². The van der Waals surface area contributed by atoms with Crippen molar-refractivity contribution in [2.75, 3.05) is 39.6 Å². The van der Waals surface area contributed by atoms with Gasteiger partial charge in [-0.15, -0.1) is 0 Å². The zero-order valence-electron chi connectivity index (χ0n) is 88.1. The second kappa shape index (κ2) is 65.5. The zero-order valence-corrected chi connectivity index (χ0v) is 88.1. The summed E-state index contributed by atoms with van der Waals surface area (Å²) in [6, 6.07) is 62.7. The van der Waals surface area contributed by atoms with Crippen LogP contribution in [0.15, 0.2) is 194 Å². The van der Waals surface area contributed by atoms with Crippen LogP contribution in [0.3, 0.4) is 0 Å². The standard InChI is InChI=1S/C19H26F6O2.C19H30O3.C18H28O2.C17H26O3.C14H22O2.3C10H14O/c1-6-12(2)13-7-9-14(10-8-13)27-16(17(3,4)5)26-11-15(18(20,21)22)19(23,24)25;1-5-15(4)16-6-8-17(9-7-16)21-19(14(2)3)22-18-10-12-20-13-11-18;1-4-14(2)16-10-12-18(13-11-16)20-15(3)19-17-8-6-5-7-9-17;1-4-13(2)15-5-7-16(8-6-15)19-14(3)20-17-9-11-18-12-10-17;1-5-11(3)13-7-9-14(10-8-13)16-12(4)15-6-2;3*1-3-8(2)9-4-6-10(11)7-5-9/h7-10,12,15-16H,6,11H2,1-5H3;6-9,14-15,18-19H,5,10-13H2,1-4H3;10-15,17H,4-9H2,1-3H3;5-8,13-14,17H,4,9-12H2,1-3H3;7-12H,5-6H2,1-4H3;3*4-8,11H,3H2,1-2H3. The van der Waals surface area contributed by atoms with Crippen molar-refractivity contribution in [2.45, 2.75) is 392 Å². The molecular formula is C117H174F6O15. The highest BCUT2D eigenvalue weighted by atomic mass is 19.4. The lowest BCUT2D eigenvalue weighted by atomic mass is 9.95. The largest absolute Gasteiger partial charge is 0.508 e. The van der Waals surface area contributed by atoms with Gasteiger partial charge in [-0.2, -0.15) is 26.3 Å². The number of hydrogen-bond acceptors (Lipinski definition) is 15. The minimum Gasteiger partial charge on any atom is -0.508 e. The van der Waals surface area contributed by atoms with Crippen molar-refractivity contribution < 1.29 is 98.5 Å². The lowest BCUT2D eigenvalue weighted by molar-refractivity contribution is -0.305. The van der Waals surface area contributed by atoms with Gasteiger partial charge in [-0.1, -0.05) is 262 Å². The van der Waals surface area contributed by atoms with E-state index in [-0.39, 0.29) is 37.4 Å². The Morgan fingerprint density at radius 2 is 0.522 bits per heavy atom. The molecule has 11 rings (SSSR count). The molecule has 0 aromatic heterocycles. The van der Waals surface area contributed by atoms with Gasteiger partial charge in [-0.25, -0.2) is 0 Å². The van der Waals surface area contributed by atoms with Crippen LogP contribution in [0.4, 0.5) is 26.3 Å². The van der Waals surface area contributed by atoms with Gasteiger partial charge in [0.25, 0.3) is 0 Å². The van der Waals surface area contributed by atoms with E-state index in [1.54, 1.807) is 69.3 Å². The molecule has 8 aromatic carbocycles. The Bertz CT molecular complexity index is 4150. The average Bonchev–Trinajstić information content (AvgIpc) is 0.816. The molecule has 1 saturated carbocycles. The number of benzene rings is 8. The molecule has 21 heteroatoms. The fraction of sp³-hybridized carbons (Fsp3) is 0.590. The Hall–Kier alpha value is -8.54. The van der Waals surface area contributed by atoms with E-state index in [9.17, 15) is 26.3 Å². The number of aromatic hydroxyl groups is 3. The van der Waals surface area contributed by atoms with Gasteiger partial charge >= 0.3 is 12.4 Å². The smallest absolute Gasteiger partial charge is 0.402 e. The fourth-order valence-electron chi connectivity index (χ4n) is 14.7. The number of phenols is 3. The maximum absolute atomic E-state index is 12.7. The Morgan fingerprint density at radius 3 is 0.761 bits per heavy atom. The summed E-state index contributed by atoms with van der Waals surface area (Å²) in [4.78, 5) is 0. The van der Waals surface area contributed by atoms with Crippen molar-refractivity contribution in [1.29, 1.82) is 0 Å². The summed E-state index contributed by atoms with van der Waals surface area (Å²) in [6.45, 7) is 54.2. The first-order valence-corrected chi connectivity index (χ1v) is 51.2. The summed E-state index contributed by atoms with van der Waals surface area (Å²) in [6.07, 6.45) is 7.12. The molecule has 15 nitrogen and oxygen atoms in total. The van der Waals surface area contributed by atoms with Gasteiger partial charge in [0, 0.05) is 44.4 Å². The predicted octanol–water partition coefficient (Wildman–Crippen LogP) is 33.5. The number of halogens is 6. The van der Waals surface area contributed by atoms with Crippen LogP contribution < -0.4 is 23.7 Å². The quantitative estimate of drug-likeness (QED) is 0.0246. The molecule has 3 aliphatic rings. The Kier molecular flexibility index (Phi) is 57.8. The molecule has 1 aliphatic carbocycles. The maximum Gasteiger partial charge on any atom is 0.402 e. The van der Waals surface area contributed by atoms with Crippen molar-refractivity contribution in [3.63, 3.8) is 0 Å². The van der Waals surface area contributed by atoms with E-state index < -0.39 is 36.6 Å². The van der Waals surface area contributed by atoms with Crippen molar-refractivity contribution in [3.8, 4) is 46.0 Å². The lowest BCUT2D eigenvalue weighted by Gasteiger charge is -2.33. The van der Waals surface area contributed by atoms with Gasteiger partial charge < -0.3 is 72.2 Å². The molecule has 0 radical (unpaired) electrons. The third-order valence-corrected chi connectivity index (χ3v) is 25.8. The molecule has 13 atom stereocenters. The van der Waals surface area contributed by atoms with Crippen LogP contribution in [-0.2, 0) is 33.2 Å². The maximum atomic E-state index is 12.7. The van der Waals surface area contributed by atoms with Crippen molar-refractivity contribution in [1.82, 2.24) is 0 Å². The van der Waals surface area contributed by atoms with Crippen LogP contribution >= 0.6 is 0 Å². The molecule has 13 unspecified atom stereocenters. The summed E-state index contributed by atoms with van der Waals surface area (Å²) >= 11 is 0. The molecule has 0 spiro atoms. The first kappa shape index (κ1) is 122. The predicted molar refractivity (Wildman–Crippen MR) is 551 cm³/mol. The third-order valence-electron chi connectivity index (χ3n) is 25.8. The summed E-state index contributed by atoms with van der Waals surface area (Å²) in [5, 5.41) is 27.0. The van der Waals surface area contributed by atoms with E-state index in [0.717, 1.165) is 126 Å². The summed E-state index contributed by atoms with van der Waals surface area (Å²) in [7, 11) is 0. The average molecular weight is 1930 g/mol. The zero-order chi connectivity index (χ0) is 103. The molecule has 3 fully saturated rings. The highest BCUT2D eigenvalue weighted by Gasteiger charge is 2.57. The third kappa shape index (κ3) is 48.3. The van der Waals surface area contributed by atoms with Crippen LogP contribution in [0, 0.1) is 17.3 Å². The number of rotatable bonds is 38. The normalized spacial score (nSPS) is 16.6. The molecule has 774 valence electrons. The molecule has 2 heterocycles. The van der Waals surface area contributed by atoms with Crippen molar-refractivity contribution in [2.24, 2.45) is 17.3 Å². The van der Waals surface area contributed by atoms with E-state index in [4.69, 9.17) is 72.2 Å². The molecule has 0 bridgehead atoms. The van der Waals surface area contributed by atoms with E-state index >= 15 is 0 Å². The molecule has 2 saturated heterocycles. The van der Waals surface area contributed by atoms with Gasteiger partial charge in [0.05, 0.1) is 24.9 Å². The van der Waals surface area contributed by atoms with E-state index in [0.29, 0.717) is 89.0 Å². The topological polar surface area (TPSA) is 171 Å². The molecular weight excluding hydrogens is 1760 g/mol. The molecule has 3 N–H and O–H groups in total. The first-order chi connectivity index (χ1) is 65.5. The minimum atomic E-state index is -5.45. The van der Waals surface area contributed by atoms with Crippen molar-refractivity contribution in [3.05, 3.63) is 239 Å². The van der Waals surface area contributed by atoms with Gasteiger partial charge in [0.15, 0.2) is 24.8 Å². The van der Waals surface area contributed by atoms with E-state index in [1.165, 1.54) is 77.5 Å². The minimum absolute atomic E-state index is 0.160. The van der Waals surface area contributed by atoms with Crippen LogP contribution in [0.1, 0.15) is 374 Å². The van der Waals surface area contributed by atoms with Gasteiger partial charge in [0.2, 0.25) is 12.6 Å². The SMILES string of the molecule is CCC(C)c1ccc(O)cc1.CCC(C)c1ccc(O)cc1.CCC(C)c1ccc(O)cc1.CCC(C)c1ccc(OC(C)OC2CCCCC2)cc1.CCC(C)c1ccc(OC(C)OC2CCOCC2)cc1.CCC(C)c1ccc(OC(OC2CCOCC2)C(C)C)cc1.CCC(C)c1ccc(OC(OCC(C(F)(F)F)C(F)(F)F)C(C)(C)C)cc1.CCOC(C)Oc1ccc(C(C)CC)cc1. The Balaban J connectivity index is 0.000000335. The molecule has 138 heavy (non-hydrogen) atoms. The molecule has 2 aliphatic heterocycles. The van der Waals surface area contributed by atoms with Crippen LogP contribution in [-0.4, -0.2) is 117 Å². The Morgan fingerprint density at radius 1 is 0.290 bits per heavy atom. The highest BCUT2D eigenvalue weighted by Crippen LogP contribution is 2.41. The Labute approximate surface area is 827 Å². The van der Waals surface area contributed by atoms with E-state index in [2.05, 4.69) is 184 Å². The first-order valence-electron chi connectivity index (χ1n) is 51.2. The van der Waals surface area contributed by atoms with Crippen molar-refractivity contribution >= 4 is 0 Å². The summed E-state index contributed by atoms with van der Waals surface area (Å²) in [5.41, 5.74) is 9.57.